The quantitative estimate of drug-likeness (QED) is 0.507. The van der Waals surface area contributed by atoms with Crippen molar-refractivity contribution in [2.75, 3.05) is 12.8 Å². The van der Waals surface area contributed by atoms with E-state index in [1.54, 1.807) is 18.4 Å². The predicted molar refractivity (Wildman–Crippen MR) is 79.4 cm³/mol. The molecule has 0 aromatic heterocycles. The van der Waals surface area contributed by atoms with E-state index in [-0.39, 0.29) is 12.4 Å². The van der Waals surface area contributed by atoms with Gasteiger partial charge in [-0.05, 0) is 36.4 Å². The Hall–Kier alpha value is -1.65. The van der Waals surface area contributed by atoms with E-state index in [1.807, 2.05) is 30.3 Å². The monoisotopic (exact) mass is 277 g/mol. The molecule has 0 atom stereocenters. The van der Waals surface area contributed by atoms with Gasteiger partial charge in [0.15, 0.2) is 0 Å². The first kappa shape index (κ1) is 12.8. The van der Waals surface area contributed by atoms with Crippen LogP contribution >= 0.6 is 23.7 Å². The molecule has 3 rings (SSSR count). The fraction of sp³-hybridized carbons (Fsp3) is 0.0769. The Kier molecular flexibility index (Phi) is 3.50. The molecule has 1 aliphatic heterocycles. The molecule has 0 amide bonds. The molecule has 1 aromatic carbocycles. The van der Waals surface area contributed by atoms with Crippen LogP contribution in [0.5, 0.6) is 0 Å². The number of hydrogen-bond donors (Lipinski definition) is 1. The molecule has 1 aromatic rings. The maximum Gasteiger partial charge on any atom is 0.0811 e. The SMILES string of the molecule is C/N=c1\ccc2nc3ccc(N)cc3sc-2c1.Cl. The van der Waals surface area contributed by atoms with Gasteiger partial charge in [0.2, 0.25) is 0 Å². The number of rotatable bonds is 0. The Morgan fingerprint density at radius 3 is 2.78 bits per heavy atom. The van der Waals surface area contributed by atoms with Crippen molar-refractivity contribution in [1.82, 2.24) is 4.98 Å². The molecule has 0 unspecified atom stereocenters. The number of nitrogens with two attached hydrogens (primary N) is 1. The molecular weight excluding hydrogens is 266 g/mol. The van der Waals surface area contributed by atoms with Gasteiger partial charge in [0.1, 0.15) is 0 Å². The molecular formula is C13H12ClN3S. The fourth-order valence-electron chi connectivity index (χ4n) is 1.77. The minimum Gasteiger partial charge on any atom is -0.399 e. The lowest BCUT2D eigenvalue weighted by Gasteiger charge is -2.06. The van der Waals surface area contributed by atoms with Crippen LogP contribution in [0.4, 0.5) is 5.69 Å². The summed E-state index contributed by atoms with van der Waals surface area (Å²) in [4.78, 5) is 9.91. The first-order valence-electron chi connectivity index (χ1n) is 5.29. The molecule has 0 radical (unpaired) electrons. The lowest BCUT2D eigenvalue weighted by atomic mass is 10.2. The highest BCUT2D eigenvalue weighted by Crippen LogP contribution is 2.30. The van der Waals surface area contributed by atoms with E-state index in [4.69, 9.17) is 5.73 Å². The molecule has 0 saturated carbocycles. The van der Waals surface area contributed by atoms with Crippen molar-refractivity contribution < 1.29 is 0 Å². The van der Waals surface area contributed by atoms with Gasteiger partial charge in [-0.3, -0.25) is 4.99 Å². The highest BCUT2D eigenvalue weighted by molar-refractivity contribution is 7.21. The fourth-order valence-corrected chi connectivity index (χ4v) is 2.82. The zero-order valence-corrected chi connectivity index (χ0v) is 11.4. The van der Waals surface area contributed by atoms with Crippen LogP contribution in [0, 0.1) is 0 Å². The Morgan fingerprint density at radius 2 is 2.00 bits per heavy atom. The van der Waals surface area contributed by atoms with Crippen molar-refractivity contribution in [3.05, 3.63) is 41.8 Å². The lowest BCUT2D eigenvalue weighted by Crippen LogP contribution is -2.00. The standard InChI is InChI=1S/C13H11N3S.ClH/c1-15-9-3-5-11-13(7-9)17-12-6-8(14)2-4-10(12)16-11;/h2-7H,14H2,1H3;1H/b15-9+;. The molecule has 1 heterocycles. The molecule has 2 aliphatic rings. The smallest absolute Gasteiger partial charge is 0.0811 e. The van der Waals surface area contributed by atoms with Crippen LogP contribution in [0.15, 0.2) is 41.4 Å². The van der Waals surface area contributed by atoms with Gasteiger partial charge in [0.25, 0.3) is 0 Å². The van der Waals surface area contributed by atoms with Crippen molar-refractivity contribution in [2.24, 2.45) is 4.99 Å². The third-order valence-electron chi connectivity index (χ3n) is 2.65. The topological polar surface area (TPSA) is 51.3 Å². The predicted octanol–water partition coefficient (Wildman–Crippen LogP) is 2.94. The molecule has 92 valence electrons. The molecule has 1 aliphatic carbocycles. The van der Waals surface area contributed by atoms with E-state index in [0.29, 0.717) is 0 Å². The van der Waals surface area contributed by atoms with Gasteiger partial charge in [-0.1, -0.05) is 0 Å². The van der Waals surface area contributed by atoms with E-state index in [9.17, 15) is 0 Å². The third-order valence-corrected chi connectivity index (χ3v) is 3.74. The van der Waals surface area contributed by atoms with Gasteiger partial charge in [0.05, 0.1) is 26.1 Å². The third kappa shape index (κ3) is 2.17. The van der Waals surface area contributed by atoms with Gasteiger partial charge >= 0.3 is 0 Å². The van der Waals surface area contributed by atoms with Crippen LogP contribution in [0.2, 0.25) is 0 Å². The maximum atomic E-state index is 5.78. The average Bonchev–Trinajstić information content (AvgIpc) is 2.35. The van der Waals surface area contributed by atoms with Gasteiger partial charge in [-0.2, -0.15) is 0 Å². The number of nitrogen functional groups attached to an aromatic ring is 1. The zero-order chi connectivity index (χ0) is 11.8. The minimum atomic E-state index is 0. The Bertz CT molecular complexity index is 736. The molecule has 0 fully saturated rings. The number of anilines is 1. The molecule has 5 heteroatoms. The summed E-state index contributed by atoms with van der Waals surface area (Å²) in [5, 5.41) is 0.971. The summed E-state index contributed by atoms with van der Waals surface area (Å²) in [7, 11) is 1.79. The summed E-state index contributed by atoms with van der Waals surface area (Å²) in [5.41, 5.74) is 8.54. The van der Waals surface area contributed by atoms with E-state index < -0.39 is 0 Å². The average molecular weight is 278 g/mol. The number of fused-ring (bicyclic) bond motifs is 2. The summed E-state index contributed by atoms with van der Waals surface area (Å²) in [6, 6.07) is 11.8. The van der Waals surface area contributed by atoms with Gasteiger partial charge in [-0.25, -0.2) is 4.98 Å². The second-order valence-corrected chi connectivity index (χ2v) is 4.90. The van der Waals surface area contributed by atoms with Crippen molar-refractivity contribution >= 4 is 39.6 Å². The number of nitrogens with zero attached hydrogens (tertiary/aromatic N) is 2. The summed E-state index contributed by atoms with van der Waals surface area (Å²) >= 11 is 1.69. The summed E-state index contributed by atoms with van der Waals surface area (Å²) in [6.45, 7) is 0. The molecule has 0 spiro atoms. The molecule has 3 nitrogen and oxygen atoms in total. The first-order valence-corrected chi connectivity index (χ1v) is 6.11. The second-order valence-electron chi connectivity index (χ2n) is 3.82. The van der Waals surface area contributed by atoms with E-state index >= 15 is 0 Å². The van der Waals surface area contributed by atoms with Crippen LogP contribution < -0.4 is 11.1 Å². The number of benzene rings is 2. The first-order chi connectivity index (χ1) is 8.26. The maximum absolute atomic E-state index is 5.78. The Labute approximate surface area is 115 Å². The van der Waals surface area contributed by atoms with Crippen LogP contribution in [0.3, 0.4) is 0 Å². The van der Waals surface area contributed by atoms with E-state index in [2.05, 4.69) is 16.0 Å². The summed E-state index contributed by atoms with van der Waals surface area (Å²) in [6.07, 6.45) is 0. The Morgan fingerprint density at radius 1 is 1.17 bits per heavy atom. The second kappa shape index (κ2) is 4.92. The zero-order valence-electron chi connectivity index (χ0n) is 9.75. The number of halogens is 1. The summed E-state index contributed by atoms with van der Waals surface area (Å²) in [5.74, 6) is 0. The molecule has 18 heavy (non-hydrogen) atoms. The lowest BCUT2D eigenvalue weighted by molar-refractivity contribution is 1.26. The largest absolute Gasteiger partial charge is 0.399 e. The molecule has 2 N–H and O–H groups in total. The normalized spacial score (nSPS) is 11.7. The van der Waals surface area contributed by atoms with Crippen LogP contribution in [-0.4, -0.2) is 12.0 Å². The van der Waals surface area contributed by atoms with Crippen LogP contribution in [0.1, 0.15) is 0 Å². The van der Waals surface area contributed by atoms with Gasteiger partial charge in [-0.15, -0.1) is 23.7 Å². The molecule has 0 saturated heterocycles. The van der Waals surface area contributed by atoms with Crippen molar-refractivity contribution in [2.45, 2.75) is 0 Å². The minimum absolute atomic E-state index is 0. The van der Waals surface area contributed by atoms with Crippen LogP contribution in [0.25, 0.3) is 20.8 Å². The molecule has 0 bridgehead atoms. The summed E-state index contributed by atoms with van der Waals surface area (Å²) < 4.78 is 1.10. The van der Waals surface area contributed by atoms with E-state index in [1.165, 1.54) is 0 Å². The van der Waals surface area contributed by atoms with E-state index in [0.717, 1.165) is 31.8 Å². The Balaban J connectivity index is 0.00000120. The van der Waals surface area contributed by atoms with Gasteiger partial charge < -0.3 is 5.73 Å². The number of hydrogen-bond acceptors (Lipinski definition) is 4. The highest BCUT2D eigenvalue weighted by Gasteiger charge is 2.06. The van der Waals surface area contributed by atoms with Crippen molar-refractivity contribution in [1.29, 1.82) is 0 Å². The van der Waals surface area contributed by atoms with Crippen LogP contribution in [-0.2, 0) is 0 Å². The van der Waals surface area contributed by atoms with Crippen molar-refractivity contribution in [3.8, 4) is 10.6 Å². The van der Waals surface area contributed by atoms with Gasteiger partial charge in [0, 0.05) is 12.7 Å². The highest BCUT2D eigenvalue weighted by atomic mass is 35.5. The number of aromatic nitrogens is 1. The van der Waals surface area contributed by atoms with Crippen molar-refractivity contribution in [3.63, 3.8) is 0 Å².